The Labute approximate surface area is 239 Å². The van der Waals surface area contributed by atoms with Crippen LogP contribution in [0, 0.1) is 23.0 Å². The fraction of sp³-hybridized carbons (Fsp3) is 0.333. The van der Waals surface area contributed by atoms with E-state index in [0.717, 1.165) is 19.3 Å². The predicted molar refractivity (Wildman–Crippen MR) is 150 cm³/mol. The second kappa shape index (κ2) is 9.87. The van der Waals surface area contributed by atoms with Gasteiger partial charge in [-0.3, -0.25) is 4.79 Å². The molecule has 0 unspecified atom stereocenters. The Morgan fingerprint density at radius 2 is 1.95 bits per heavy atom. The second-order valence-corrected chi connectivity index (χ2v) is 11.8. The van der Waals surface area contributed by atoms with Gasteiger partial charge in [0.2, 0.25) is 0 Å². The van der Waals surface area contributed by atoms with E-state index < -0.39 is 17.2 Å². The van der Waals surface area contributed by atoms with E-state index in [1.807, 2.05) is 4.90 Å². The smallest absolute Gasteiger partial charge is 0.254 e. The van der Waals surface area contributed by atoms with E-state index in [1.165, 1.54) is 22.9 Å². The van der Waals surface area contributed by atoms with Crippen LogP contribution in [-0.4, -0.2) is 54.6 Å². The van der Waals surface area contributed by atoms with Crippen LogP contribution in [0.1, 0.15) is 49.0 Å². The van der Waals surface area contributed by atoms with E-state index in [2.05, 4.69) is 10.3 Å². The second-order valence-electron chi connectivity index (χ2n) is 11.5. The van der Waals surface area contributed by atoms with Gasteiger partial charge >= 0.3 is 0 Å². The number of nitrogens with zero attached hydrogens (tertiary/aromatic N) is 5. The molecule has 2 bridgehead atoms. The van der Waals surface area contributed by atoms with Gasteiger partial charge in [-0.25, -0.2) is 13.5 Å². The lowest BCUT2D eigenvalue weighted by Crippen LogP contribution is -2.40. The van der Waals surface area contributed by atoms with Crippen LogP contribution in [0.25, 0.3) is 33.3 Å². The van der Waals surface area contributed by atoms with Crippen molar-refractivity contribution in [2.75, 3.05) is 0 Å². The maximum atomic E-state index is 16.0. The number of fused-ring (bicyclic) bond motifs is 3. The highest BCUT2D eigenvalue weighted by Gasteiger charge is 2.47. The number of nitriles is 1. The number of nitrogens with two attached hydrogens (primary N) is 1. The largest absolute Gasteiger partial charge is 0.389 e. The van der Waals surface area contributed by atoms with Crippen LogP contribution < -0.4 is 5.73 Å². The summed E-state index contributed by atoms with van der Waals surface area (Å²) in [4.78, 5) is 15.5. The van der Waals surface area contributed by atoms with Gasteiger partial charge < -0.3 is 15.7 Å². The molecule has 8 nitrogen and oxygen atoms in total. The highest BCUT2D eigenvalue weighted by Crippen LogP contribution is 2.42. The van der Waals surface area contributed by atoms with Crippen molar-refractivity contribution >= 4 is 28.5 Å². The van der Waals surface area contributed by atoms with E-state index in [0.29, 0.717) is 27.8 Å². The van der Waals surface area contributed by atoms with Crippen molar-refractivity contribution in [3.63, 3.8) is 0 Å². The number of benzene rings is 3. The van der Waals surface area contributed by atoms with Crippen LogP contribution in [-0.2, 0) is 6.54 Å². The van der Waals surface area contributed by atoms with Crippen molar-refractivity contribution in [1.82, 2.24) is 19.9 Å². The molecule has 11 heteroatoms. The van der Waals surface area contributed by atoms with Gasteiger partial charge in [0.1, 0.15) is 27.9 Å². The average Bonchev–Trinajstić information content (AvgIpc) is 3.61. The summed E-state index contributed by atoms with van der Waals surface area (Å²) in [6.07, 6.45) is 2.50. The number of halogens is 3. The third kappa shape index (κ3) is 4.64. The molecule has 0 radical (unpaired) electrons. The molecule has 0 spiro atoms. The highest BCUT2D eigenvalue weighted by molar-refractivity contribution is 6.35. The number of hydrogen-bond acceptors (Lipinski definition) is 6. The summed E-state index contributed by atoms with van der Waals surface area (Å²) in [6, 6.07) is 12.2. The first kappa shape index (κ1) is 27.3. The molecule has 2 fully saturated rings. The van der Waals surface area contributed by atoms with Crippen molar-refractivity contribution in [3.8, 4) is 28.3 Å². The molecule has 210 valence electrons. The van der Waals surface area contributed by atoms with Crippen molar-refractivity contribution in [3.05, 3.63) is 70.2 Å². The zero-order valence-electron chi connectivity index (χ0n) is 22.4. The summed E-state index contributed by atoms with van der Waals surface area (Å²) in [5.74, 6) is -1.67. The number of amides is 1. The van der Waals surface area contributed by atoms with Crippen LogP contribution in [0.5, 0.6) is 0 Å². The molecule has 6 rings (SSSR count). The van der Waals surface area contributed by atoms with Crippen LogP contribution in [0.2, 0.25) is 5.02 Å². The monoisotopic (exact) mass is 576 g/mol. The van der Waals surface area contributed by atoms with Crippen molar-refractivity contribution in [1.29, 1.82) is 5.26 Å². The molecule has 3 N–H and O–H groups in total. The minimum atomic E-state index is -1.15. The third-order valence-electron chi connectivity index (χ3n) is 7.99. The molecular weight excluding hydrogens is 550 g/mol. The SMILES string of the molecule is CC(C)(O)Cn1nnc2cc(-c3ccc(C(=O)N4[C@@H]5CC[C@H]4[C@@H](N)C5)cc3-c3ccc(C#N)c(F)c3)c(F)c(Cl)c21. The molecular formula is C30H27ClF2N6O2. The van der Waals surface area contributed by atoms with Gasteiger partial charge in [0.25, 0.3) is 5.91 Å². The summed E-state index contributed by atoms with van der Waals surface area (Å²) in [5.41, 5.74) is 7.05. The van der Waals surface area contributed by atoms with Crippen LogP contribution >= 0.6 is 11.6 Å². The molecule has 0 saturated carbocycles. The summed E-state index contributed by atoms with van der Waals surface area (Å²) in [6.45, 7) is 3.22. The normalized spacial score (nSPS) is 20.1. The average molecular weight is 577 g/mol. The Morgan fingerprint density at radius 3 is 2.59 bits per heavy atom. The fourth-order valence-electron chi connectivity index (χ4n) is 6.17. The van der Waals surface area contributed by atoms with Gasteiger partial charge in [-0.15, -0.1) is 5.10 Å². The van der Waals surface area contributed by atoms with Gasteiger partial charge in [0, 0.05) is 29.3 Å². The van der Waals surface area contributed by atoms with Gasteiger partial charge in [0.15, 0.2) is 5.82 Å². The molecule has 1 aromatic heterocycles. The van der Waals surface area contributed by atoms with E-state index in [-0.39, 0.29) is 52.2 Å². The molecule has 41 heavy (non-hydrogen) atoms. The van der Waals surface area contributed by atoms with Gasteiger partial charge in [-0.2, -0.15) is 5.26 Å². The lowest BCUT2D eigenvalue weighted by atomic mass is 9.91. The zero-order chi connectivity index (χ0) is 29.2. The Bertz CT molecular complexity index is 1760. The lowest BCUT2D eigenvalue weighted by Gasteiger charge is -2.24. The minimum Gasteiger partial charge on any atom is -0.389 e. The first-order valence-electron chi connectivity index (χ1n) is 13.3. The van der Waals surface area contributed by atoms with Gasteiger partial charge in [0.05, 0.1) is 17.7 Å². The molecule has 4 aromatic rings. The van der Waals surface area contributed by atoms with E-state index in [9.17, 15) is 19.6 Å². The number of rotatable bonds is 5. The predicted octanol–water partition coefficient (Wildman–Crippen LogP) is 5.04. The first-order valence-corrected chi connectivity index (χ1v) is 13.7. The number of aromatic nitrogens is 3. The minimum absolute atomic E-state index is 0.0341. The van der Waals surface area contributed by atoms with Crippen molar-refractivity contribution < 1.29 is 18.7 Å². The number of carbonyl (C=O) groups is 1. The molecule has 2 aliphatic heterocycles. The van der Waals surface area contributed by atoms with Crippen molar-refractivity contribution in [2.45, 2.75) is 63.4 Å². The maximum absolute atomic E-state index is 16.0. The molecule has 2 aliphatic rings. The molecule has 1 amide bonds. The first-order chi connectivity index (χ1) is 19.5. The maximum Gasteiger partial charge on any atom is 0.254 e. The Hall–Kier alpha value is -3.91. The number of aliphatic hydroxyl groups is 1. The van der Waals surface area contributed by atoms with Crippen LogP contribution in [0.4, 0.5) is 8.78 Å². The highest BCUT2D eigenvalue weighted by atomic mass is 35.5. The number of hydrogen-bond donors (Lipinski definition) is 2. The quantitative estimate of drug-likeness (QED) is 0.343. The summed E-state index contributed by atoms with van der Waals surface area (Å²) >= 11 is 6.51. The summed E-state index contributed by atoms with van der Waals surface area (Å²) < 4.78 is 32.1. The van der Waals surface area contributed by atoms with Crippen LogP contribution in [0.15, 0.2) is 42.5 Å². The molecule has 0 aliphatic carbocycles. The zero-order valence-corrected chi connectivity index (χ0v) is 23.2. The summed E-state index contributed by atoms with van der Waals surface area (Å²) in [5, 5.41) is 27.4. The third-order valence-corrected chi connectivity index (χ3v) is 8.34. The van der Waals surface area contributed by atoms with Gasteiger partial charge in [-0.05, 0) is 80.1 Å². The molecule has 3 aromatic carbocycles. The summed E-state index contributed by atoms with van der Waals surface area (Å²) in [7, 11) is 0. The van der Waals surface area contributed by atoms with Gasteiger partial charge in [-0.1, -0.05) is 28.9 Å². The standard InChI is InChI=1S/C30H27ClF2N6O2/c1-30(2,41)14-38-28-24(36-37-38)12-21(27(33)26(28)31)19-7-5-16(29(40)39-18-6-8-25(39)23(35)11-18)9-20(19)15-3-4-17(13-34)22(32)10-15/h3-5,7,9-10,12,18,23,25,41H,6,8,11,14,35H2,1-2H3/t18-,23+,25+/m1/s1. The van der Waals surface area contributed by atoms with E-state index >= 15 is 4.39 Å². The number of carbonyl (C=O) groups excluding carboxylic acids is 1. The Kier molecular flexibility index (Phi) is 6.57. The molecule has 3 heterocycles. The van der Waals surface area contributed by atoms with Crippen LogP contribution in [0.3, 0.4) is 0 Å². The Morgan fingerprint density at radius 1 is 1.17 bits per heavy atom. The molecule has 2 saturated heterocycles. The van der Waals surface area contributed by atoms with E-state index in [4.69, 9.17) is 17.3 Å². The lowest BCUT2D eigenvalue weighted by molar-refractivity contribution is 0.0584. The Balaban J connectivity index is 1.51. The van der Waals surface area contributed by atoms with Crippen molar-refractivity contribution in [2.24, 2.45) is 5.73 Å². The fourth-order valence-corrected chi connectivity index (χ4v) is 6.47. The van der Waals surface area contributed by atoms with E-state index in [1.54, 1.807) is 44.2 Å². The topological polar surface area (TPSA) is 121 Å². The molecule has 3 atom stereocenters.